The van der Waals surface area contributed by atoms with Crippen molar-refractivity contribution < 1.29 is 9.59 Å². The average molecular weight is 371 g/mol. The molecule has 4 nitrogen and oxygen atoms in total. The first-order valence-corrected chi connectivity index (χ1v) is 9.21. The van der Waals surface area contributed by atoms with Crippen LogP contribution < -0.4 is 5.32 Å². The van der Waals surface area contributed by atoms with Crippen molar-refractivity contribution in [2.24, 2.45) is 5.92 Å². The maximum Gasteiger partial charge on any atom is 0.254 e. The third-order valence-corrected chi connectivity index (χ3v) is 4.99. The number of piperazine rings is 1. The van der Waals surface area contributed by atoms with Crippen LogP contribution in [-0.4, -0.2) is 35.8 Å². The molecule has 1 unspecified atom stereocenters. The van der Waals surface area contributed by atoms with Gasteiger partial charge < -0.3 is 10.2 Å². The van der Waals surface area contributed by atoms with Gasteiger partial charge in [-0.15, -0.1) is 0 Å². The molecule has 1 atom stereocenters. The van der Waals surface area contributed by atoms with Crippen LogP contribution in [0.4, 0.5) is 0 Å². The van der Waals surface area contributed by atoms with Crippen molar-refractivity contribution in [2.75, 3.05) is 13.1 Å². The van der Waals surface area contributed by atoms with Gasteiger partial charge in [-0.25, -0.2) is 0 Å². The molecule has 136 valence electrons. The Balaban J connectivity index is 1.94. The minimum atomic E-state index is -0.433. The summed E-state index contributed by atoms with van der Waals surface area (Å²) >= 11 is 6.05. The Morgan fingerprint density at radius 3 is 2.69 bits per heavy atom. The highest BCUT2D eigenvalue weighted by atomic mass is 35.5. The van der Waals surface area contributed by atoms with Crippen molar-refractivity contribution in [1.82, 2.24) is 10.2 Å². The average Bonchev–Trinajstić information content (AvgIpc) is 2.60. The molecular weight excluding hydrogens is 348 g/mol. The predicted octanol–water partition coefficient (Wildman–Crippen LogP) is 3.91. The van der Waals surface area contributed by atoms with Crippen molar-refractivity contribution in [1.29, 1.82) is 0 Å². The first kappa shape index (κ1) is 18.5. The number of hydrogen-bond donors (Lipinski definition) is 1. The van der Waals surface area contributed by atoms with Crippen LogP contribution in [0.1, 0.15) is 29.8 Å². The minimum Gasteiger partial charge on any atom is -0.353 e. The van der Waals surface area contributed by atoms with Crippen LogP contribution in [0.3, 0.4) is 0 Å². The largest absolute Gasteiger partial charge is 0.353 e. The second-order valence-electron chi connectivity index (χ2n) is 7.02. The number of amides is 2. The lowest BCUT2D eigenvalue weighted by Crippen LogP contribution is -2.59. The number of aryl methyl sites for hydroxylation is 1. The molecule has 5 heteroatoms. The Kier molecular flexibility index (Phi) is 5.33. The van der Waals surface area contributed by atoms with E-state index in [0.29, 0.717) is 23.7 Å². The van der Waals surface area contributed by atoms with E-state index in [0.717, 1.165) is 16.7 Å². The molecule has 0 spiro atoms. The van der Waals surface area contributed by atoms with E-state index in [1.807, 2.05) is 57.2 Å². The summed E-state index contributed by atoms with van der Waals surface area (Å²) in [7, 11) is 0. The zero-order valence-electron chi connectivity index (χ0n) is 15.3. The second-order valence-corrected chi connectivity index (χ2v) is 7.45. The maximum atomic E-state index is 13.1. The van der Waals surface area contributed by atoms with Crippen molar-refractivity contribution in [3.63, 3.8) is 0 Å². The number of hydrogen-bond acceptors (Lipinski definition) is 2. The molecule has 0 aromatic heterocycles. The third-order valence-electron chi connectivity index (χ3n) is 4.76. The number of carbonyl (C=O) groups is 2. The van der Waals surface area contributed by atoms with E-state index in [1.165, 1.54) is 0 Å². The van der Waals surface area contributed by atoms with Crippen molar-refractivity contribution in [3.05, 3.63) is 58.6 Å². The van der Waals surface area contributed by atoms with Gasteiger partial charge in [0.25, 0.3) is 5.91 Å². The van der Waals surface area contributed by atoms with Gasteiger partial charge in [-0.05, 0) is 53.8 Å². The molecule has 1 heterocycles. The summed E-state index contributed by atoms with van der Waals surface area (Å²) in [5, 5.41) is 3.55. The standard InChI is InChI=1S/C21H23ClN2O2/c1-13(2)19-20(25)23-9-10-24(19)21(26)16-6-4-5-15(12-16)18-8-7-17(22)11-14(18)3/h4-8,11-13,19H,9-10H2,1-3H3,(H,23,25). The van der Waals surface area contributed by atoms with E-state index in [4.69, 9.17) is 11.6 Å². The summed E-state index contributed by atoms with van der Waals surface area (Å²) in [4.78, 5) is 27.0. The molecule has 0 saturated carbocycles. The van der Waals surface area contributed by atoms with Crippen LogP contribution >= 0.6 is 11.6 Å². The number of rotatable bonds is 3. The number of benzene rings is 2. The number of nitrogens with zero attached hydrogens (tertiary/aromatic N) is 1. The minimum absolute atomic E-state index is 0.0564. The quantitative estimate of drug-likeness (QED) is 0.890. The molecule has 1 fully saturated rings. The Bertz CT molecular complexity index is 848. The van der Waals surface area contributed by atoms with E-state index in [9.17, 15) is 9.59 Å². The molecule has 1 aliphatic rings. The number of carbonyl (C=O) groups excluding carboxylic acids is 2. The van der Waals surface area contributed by atoms with E-state index in [-0.39, 0.29) is 17.7 Å². The van der Waals surface area contributed by atoms with Gasteiger partial charge in [-0.2, -0.15) is 0 Å². The highest BCUT2D eigenvalue weighted by molar-refractivity contribution is 6.30. The van der Waals surface area contributed by atoms with E-state index in [1.54, 1.807) is 11.0 Å². The van der Waals surface area contributed by atoms with Crippen LogP contribution in [0.25, 0.3) is 11.1 Å². The van der Waals surface area contributed by atoms with Crippen LogP contribution in [-0.2, 0) is 4.79 Å². The third kappa shape index (κ3) is 3.61. The van der Waals surface area contributed by atoms with Crippen LogP contribution in [0.15, 0.2) is 42.5 Å². The topological polar surface area (TPSA) is 49.4 Å². The van der Waals surface area contributed by atoms with Gasteiger partial charge in [-0.3, -0.25) is 9.59 Å². The fourth-order valence-electron chi connectivity index (χ4n) is 3.51. The van der Waals surface area contributed by atoms with Crippen LogP contribution in [0, 0.1) is 12.8 Å². The number of halogens is 1. The van der Waals surface area contributed by atoms with Gasteiger partial charge in [0, 0.05) is 23.7 Å². The lowest BCUT2D eigenvalue weighted by Gasteiger charge is -2.37. The van der Waals surface area contributed by atoms with E-state index < -0.39 is 6.04 Å². The fraction of sp³-hybridized carbons (Fsp3) is 0.333. The van der Waals surface area contributed by atoms with Gasteiger partial charge in [0.05, 0.1) is 0 Å². The van der Waals surface area contributed by atoms with E-state index >= 15 is 0 Å². The van der Waals surface area contributed by atoms with Crippen LogP contribution in [0.5, 0.6) is 0 Å². The molecular formula is C21H23ClN2O2. The lowest BCUT2D eigenvalue weighted by atomic mass is 9.96. The fourth-order valence-corrected chi connectivity index (χ4v) is 3.74. The van der Waals surface area contributed by atoms with Gasteiger partial charge >= 0.3 is 0 Å². The summed E-state index contributed by atoms with van der Waals surface area (Å²) in [5.74, 6) is -0.128. The summed E-state index contributed by atoms with van der Waals surface area (Å²) in [6, 6.07) is 12.9. The molecule has 1 aliphatic heterocycles. The molecule has 2 aromatic rings. The summed E-state index contributed by atoms with van der Waals surface area (Å²) in [5.41, 5.74) is 3.66. The Morgan fingerprint density at radius 2 is 2.00 bits per heavy atom. The first-order chi connectivity index (χ1) is 12.4. The molecule has 26 heavy (non-hydrogen) atoms. The molecule has 1 saturated heterocycles. The molecule has 3 rings (SSSR count). The maximum absolute atomic E-state index is 13.1. The highest BCUT2D eigenvalue weighted by Gasteiger charge is 2.35. The Hall–Kier alpha value is -2.33. The normalized spacial score (nSPS) is 17.3. The van der Waals surface area contributed by atoms with Crippen molar-refractivity contribution in [3.8, 4) is 11.1 Å². The molecule has 1 N–H and O–H groups in total. The monoisotopic (exact) mass is 370 g/mol. The molecule has 2 aromatic carbocycles. The summed E-state index contributed by atoms with van der Waals surface area (Å²) in [6.07, 6.45) is 0. The Morgan fingerprint density at radius 1 is 1.23 bits per heavy atom. The predicted molar refractivity (Wildman–Crippen MR) is 104 cm³/mol. The second kappa shape index (κ2) is 7.50. The number of nitrogens with one attached hydrogen (secondary N) is 1. The van der Waals surface area contributed by atoms with Crippen molar-refractivity contribution >= 4 is 23.4 Å². The molecule has 0 bridgehead atoms. The van der Waals surface area contributed by atoms with Crippen LogP contribution in [0.2, 0.25) is 5.02 Å². The summed E-state index contributed by atoms with van der Waals surface area (Å²) < 4.78 is 0. The molecule has 0 radical (unpaired) electrons. The lowest BCUT2D eigenvalue weighted by molar-refractivity contribution is -0.129. The van der Waals surface area contributed by atoms with Crippen molar-refractivity contribution in [2.45, 2.75) is 26.8 Å². The smallest absolute Gasteiger partial charge is 0.254 e. The zero-order chi connectivity index (χ0) is 18.8. The molecule has 2 amide bonds. The molecule has 0 aliphatic carbocycles. The Labute approximate surface area is 159 Å². The van der Waals surface area contributed by atoms with Gasteiger partial charge in [0.15, 0.2) is 0 Å². The SMILES string of the molecule is Cc1cc(Cl)ccc1-c1cccc(C(=O)N2CCNC(=O)C2C(C)C)c1. The van der Waals surface area contributed by atoms with E-state index in [2.05, 4.69) is 5.32 Å². The highest BCUT2D eigenvalue weighted by Crippen LogP contribution is 2.27. The van der Waals surface area contributed by atoms with Gasteiger partial charge in [-0.1, -0.05) is 43.6 Å². The zero-order valence-corrected chi connectivity index (χ0v) is 16.0. The van der Waals surface area contributed by atoms with Gasteiger partial charge in [0.2, 0.25) is 5.91 Å². The van der Waals surface area contributed by atoms with Gasteiger partial charge in [0.1, 0.15) is 6.04 Å². The first-order valence-electron chi connectivity index (χ1n) is 8.83. The summed E-state index contributed by atoms with van der Waals surface area (Å²) in [6.45, 7) is 6.94.